The normalized spacial score (nSPS) is 20.3. The molecule has 0 atom stereocenters. The predicted octanol–water partition coefficient (Wildman–Crippen LogP) is 2.71. The molecule has 4 heterocycles. The van der Waals surface area contributed by atoms with Crippen molar-refractivity contribution >= 4 is 39.2 Å². The van der Waals surface area contributed by atoms with E-state index in [1.165, 1.54) is 10.4 Å². The van der Waals surface area contributed by atoms with Crippen LogP contribution in [-0.2, 0) is 32.9 Å². The first kappa shape index (κ1) is 20.5. The quantitative estimate of drug-likeness (QED) is 0.683. The zero-order chi connectivity index (χ0) is 20.5. The lowest BCUT2D eigenvalue weighted by Gasteiger charge is -2.33. The van der Waals surface area contributed by atoms with Crippen molar-refractivity contribution in [3.05, 3.63) is 26.6 Å². The van der Waals surface area contributed by atoms with Gasteiger partial charge in [-0.3, -0.25) is 9.59 Å². The number of aryl methyl sites for hydroxylation is 2. The lowest BCUT2D eigenvalue weighted by Crippen LogP contribution is -2.41. The molecule has 0 bridgehead atoms. The van der Waals surface area contributed by atoms with Gasteiger partial charge in [0.15, 0.2) is 6.29 Å². The fourth-order valence-corrected chi connectivity index (χ4v) is 6.75. The Morgan fingerprint density at radius 1 is 1.23 bits per heavy atom. The first-order valence-electron chi connectivity index (χ1n) is 10.8. The number of H-pyrrole nitrogens is 1. The highest BCUT2D eigenvalue weighted by Gasteiger charge is 2.31. The average Bonchev–Trinajstić information content (AvgIpc) is 3.48. The van der Waals surface area contributed by atoms with Gasteiger partial charge in [-0.2, -0.15) is 11.8 Å². The fraction of sp³-hybridized carbons (Fsp3) is 0.667. The molecule has 2 aromatic heterocycles. The Kier molecular flexibility index (Phi) is 6.13. The number of piperidine rings is 1. The van der Waals surface area contributed by atoms with Gasteiger partial charge in [0.25, 0.3) is 5.56 Å². The number of hydrogen-bond acceptors (Lipinski definition) is 7. The number of fused-ring (bicyclic) bond motifs is 3. The molecule has 162 valence electrons. The van der Waals surface area contributed by atoms with Crippen LogP contribution in [0.4, 0.5) is 0 Å². The van der Waals surface area contributed by atoms with Crippen LogP contribution < -0.4 is 5.56 Å². The van der Waals surface area contributed by atoms with Crippen LogP contribution in [0.1, 0.15) is 41.9 Å². The molecule has 1 aliphatic carbocycles. The molecule has 2 saturated heterocycles. The molecule has 30 heavy (non-hydrogen) atoms. The molecule has 1 amide bonds. The molecule has 2 aliphatic heterocycles. The summed E-state index contributed by atoms with van der Waals surface area (Å²) in [7, 11) is 0. The number of rotatable bonds is 6. The summed E-state index contributed by atoms with van der Waals surface area (Å²) >= 11 is 3.32. The van der Waals surface area contributed by atoms with E-state index in [4.69, 9.17) is 9.47 Å². The Labute approximate surface area is 183 Å². The van der Waals surface area contributed by atoms with Gasteiger partial charge in [-0.25, -0.2) is 4.98 Å². The van der Waals surface area contributed by atoms with Crippen LogP contribution in [0.2, 0.25) is 0 Å². The fourth-order valence-electron chi connectivity index (χ4n) is 4.67. The maximum absolute atomic E-state index is 12.5. The lowest BCUT2D eigenvalue weighted by atomic mass is 9.96. The summed E-state index contributed by atoms with van der Waals surface area (Å²) in [5.41, 5.74) is 1.20. The van der Waals surface area contributed by atoms with E-state index in [0.717, 1.165) is 61.2 Å². The van der Waals surface area contributed by atoms with Gasteiger partial charge in [0.1, 0.15) is 10.7 Å². The first-order chi connectivity index (χ1) is 14.7. The van der Waals surface area contributed by atoms with Crippen molar-refractivity contribution in [2.75, 3.05) is 32.1 Å². The summed E-state index contributed by atoms with van der Waals surface area (Å²) in [4.78, 5) is 36.8. The van der Waals surface area contributed by atoms with Crippen LogP contribution >= 0.6 is 23.1 Å². The third-order valence-electron chi connectivity index (χ3n) is 6.25. The summed E-state index contributed by atoms with van der Waals surface area (Å²) in [5.74, 6) is 2.68. The first-order valence-corrected chi connectivity index (χ1v) is 12.8. The van der Waals surface area contributed by atoms with E-state index in [2.05, 4.69) is 9.97 Å². The molecular weight excluding hydrogens is 422 g/mol. The SMILES string of the molecule is O=C(CCSCc1nc2sc3c(c2c(=O)[nH]1)CCC3)N1CCC(C2OCCO2)CC1. The summed E-state index contributed by atoms with van der Waals surface area (Å²) in [6.07, 6.45) is 5.54. The van der Waals surface area contributed by atoms with Crippen molar-refractivity contribution in [1.29, 1.82) is 0 Å². The minimum Gasteiger partial charge on any atom is -0.350 e. The number of ether oxygens (including phenoxy) is 2. The maximum Gasteiger partial charge on any atom is 0.259 e. The van der Waals surface area contributed by atoms with Crippen LogP contribution in [-0.4, -0.2) is 59.1 Å². The number of hydrogen-bond donors (Lipinski definition) is 1. The van der Waals surface area contributed by atoms with Crippen molar-refractivity contribution in [3.63, 3.8) is 0 Å². The zero-order valence-corrected chi connectivity index (χ0v) is 18.6. The highest BCUT2D eigenvalue weighted by atomic mass is 32.2. The Morgan fingerprint density at radius 3 is 2.83 bits per heavy atom. The van der Waals surface area contributed by atoms with Crippen molar-refractivity contribution in [1.82, 2.24) is 14.9 Å². The van der Waals surface area contributed by atoms with E-state index in [0.29, 0.717) is 37.1 Å². The van der Waals surface area contributed by atoms with Gasteiger partial charge < -0.3 is 19.4 Å². The van der Waals surface area contributed by atoms with E-state index < -0.39 is 0 Å². The summed E-state index contributed by atoms with van der Waals surface area (Å²) in [6.45, 7) is 2.93. The number of nitrogens with one attached hydrogen (secondary N) is 1. The highest BCUT2D eigenvalue weighted by Crippen LogP contribution is 2.34. The largest absolute Gasteiger partial charge is 0.350 e. The van der Waals surface area contributed by atoms with E-state index >= 15 is 0 Å². The molecular formula is C21H27N3O4S2. The van der Waals surface area contributed by atoms with E-state index in [9.17, 15) is 9.59 Å². The van der Waals surface area contributed by atoms with Gasteiger partial charge >= 0.3 is 0 Å². The second kappa shape index (κ2) is 8.98. The van der Waals surface area contributed by atoms with Gasteiger partial charge in [-0.15, -0.1) is 11.3 Å². The number of aromatic amines is 1. The molecule has 0 radical (unpaired) electrons. The number of carbonyl (C=O) groups excluding carboxylic acids is 1. The molecule has 2 fully saturated rings. The van der Waals surface area contributed by atoms with E-state index in [1.54, 1.807) is 23.1 Å². The number of likely N-dealkylation sites (tertiary alicyclic amines) is 1. The third kappa shape index (κ3) is 4.17. The topological polar surface area (TPSA) is 84.5 Å². The summed E-state index contributed by atoms with van der Waals surface area (Å²) in [5, 5.41) is 0.799. The van der Waals surface area contributed by atoms with Crippen molar-refractivity contribution in [2.45, 2.75) is 50.6 Å². The summed E-state index contributed by atoms with van der Waals surface area (Å²) in [6, 6.07) is 0. The third-order valence-corrected chi connectivity index (χ3v) is 8.40. The predicted molar refractivity (Wildman–Crippen MR) is 118 cm³/mol. The van der Waals surface area contributed by atoms with Crippen LogP contribution in [0, 0.1) is 5.92 Å². The number of carbonyl (C=O) groups is 1. The monoisotopic (exact) mass is 449 g/mol. The maximum atomic E-state index is 12.5. The molecule has 3 aliphatic rings. The number of thioether (sulfide) groups is 1. The molecule has 0 saturated carbocycles. The molecule has 0 aromatic carbocycles. The standard InChI is InChI=1S/C21H27N3O4S2/c25-17(24-7-4-13(5-8-24)21-27-9-10-28-21)6-11-29-12-16-22-19(26)18-14-2-1-3-15(14)30-20(18)23-16/h13,21H,1-12H2,(H,22,23,26). The lowest BCUT2D eigenvalue weighted by molar-refractivity contribution is -0.136. The molecule has 5 rings (SSSR count). The van der Waals surface area contributed by atoms with Gasteiger partial charge in [0, 0.05) is 36.1 Å². The minimum atomic E-state index is -0.0747. The molecule has 9 heteroatoms. The smallest absolute Gasteiger partial charge is 0.259 e. The average molecular weight is 450 g/mol. The summed E-state index contributed by atoms with van der Waals surface area (Å²) < 4.78 is 11.2. The molecule has 7 nitrogen and oxygen atoms in total. The van der Waals surface area contributed by atoms with Crippen LogP contribution in [0.3, 0.4) is 0 Å². The number of nitrogens with zero attached hydrogens (tertiary/aromatic N) is 2. The number of thiophene rings is 1. The molecule has 1 N–H and O–H groups in total. The van der Waals surface area contributed by atoms with Crippen molar-refractivity contribution in [2.24, 2.45) is 5.92 Å². The molecule has 2 aromatic rings. The zero-order valence-electron chi connectivity index (χ0n) is 17.0. The molecule has 0 unspecified atom stereocenters. The van der Waals surface area contributed by atoms with Gasteiger partial charge in [-0.1, -0.05) is 0 Å². The van der Waals surface area contributed by atoms with Crippen molar-refractivity contribution in [3.8, 4) is 0 Å². The van der Waals surface area contributed by atoms with Crippen molar-refractivity contribution < 1.29 is 14.3 Å². The van der Waals surface area contributed by atoms with Crippen LogP contribution in [0.5, 0.6) is 0 Å². The van der Waals surface area contributed by atoms with E-state index in [1.807, 2.05) is 4.90 Å². The van der Waals surface area contributed by atoms with E-state index in [-0.39, 0.29) is 17.8 Å². The van der Waals surface area contributed by atoms with Gasteiger partial charge in [-0.05, 0) is 37.7 Å². The minimum absolute atomic E-state index is 0.0100. The van der Waals surface area contributed by atoms with Crippen LogP contribution in [0.15, 0.2) is 4.79 Å². The Balaban J connectivity index is 1.08. The second-order valence-electron chi connectivity index (χ2n) is 8.18. The van der Waals surface area contributed by atoms with Crippen LogP contribution in [0.25, 0.3) is 10.2 Å². The van der Waals surface area contributed by atoms with Gasteiger partial charge in [0.2, 0.25) is 5.91 Å². The number of aromatic nitrogens is 2. The van der Waals surface area contributed by atoms with Gasteiger partial charge in [0.05, 0.1) is 24.4 Å². The Morgan fingerprint density at radius 2 is 2.03 bits per heavy atom. The Bertz CT molecular complexity index is 975. The highest BCUT2D eigenvalue weighted by molar-refractivity contribution is 7.98. The Hall–Kier alpha value is -1.42. The second-order valence-corrected chi connectivity index (χ2v) is 10.4. The molecule has 0 spiro atoms. The number of amides is 1.